The number of hydrogen-bond acceptors (Lipinski definition) is 7. The number of carbonyl (C=O) groups is 1. The average molecular weight is 501 g/mol. The minimum Gasteiger partial charge on any atom is -0.489 e. The second kappa shape index (κ2) is 9.83. The highest BCUT2D eigenvalue weighted by molar-refractivity contribution is 5.93. The number of rotatable bonds is 8. The van der Waals surface area contributed by atoms with Gasteiger partial charge in [0.15, 0.2) is 29.6 Å². The maximum Gasteiger partial charge on any atom is 0.266 e. The van der Waals surface area contributed by atoms with E-state index in [1.54, 1.807) is 6.07 Å². The van der Waals surface area contributed by atoms with Gasteiger partial charge >= 0.3 is 0 Å². The molecule has 2 fully saturated rings. The van der Waals surface area contributed by atoms with Gasteiger partial charge in [-0.05, 0) is 29.7 Å². The topological polar surface area (TPSA) is 71.7 Å². The molecule has 2 atom stereocenters. The highest BCUT2D eigenvalue weighted by atomic mass is 19.3. The summed E-state index contributed by atoms with van der Waals surface area (Å²) in [5, 5.41) is 0. The predicted molar refractivity (Wildman–Crippen MR) is 128 cm³/mol. The molecule has 0 bridgehead atoms. The van der Waals surface area contributed by atoms with Gasteiger partial charge in [-0.15, -0.1) is 0 Å². The Morgan fingerprint density at radius 2 is 2.03 bits per heavy atom. The van der Waals surface area contributed by atoms with E-state index in [2.05, 4.69) is 9.97 Å². The smallest absolute Gasteiger partial charge is 0.266 e. The van der Waals surface area contributed by atoms with Crippen LogP contribution in [-0.2, 0) is 0 Å². The molecule has 1 unspecified atom stereocenters. The molecule has 2 saturated heterocycles. The van der Waals surface area contributed by atoms with Gasteiger partial charge in [-0.25, -0.2) is 23.1 Å². The quantitative estimate of drug-likeness (QED) is 0.399. The molecule has 36 heavy (non-hydrogen) atoms. The van der Waals surface area contributed by atoms with Crippen LogP contribution in [0.1, 0.15) is 48.2 Å². The van der Waals surface area contributed by atoms with Crippen molar-refractivity contribution in [2.45, 2.75) is 44.1 Å². The normalized spacial score (nSPS) is 20.1. The number of anilines is 2. The Morgan fingerprint density at radius 3 is 2.72 bits per heavy atom. The molecule has 5 rings (SSSR count). The fourth-order valence-electron chi connectivity index (χ4n) is 4.76. The number of nitrogens with zero attached hydrogens (tertiary/aromatic N) is 4. The third-order valence-electron chi connectivity index (χ3n) is 6.76. The van der Waals surface area contributed by atoms with E-state index in [0.717, 1.165) is 5.56 Å². The van der Waals surface area contributed by atoms with Crippen LogP contribution in [0.4, 0.5) is 24.7 Å². The first-order chi connectivity index (χ1) is 17.3. The summed E-state index contributed by atoms with van der Waals surface area (Å²) >= 11 is 0. The minimum absolute atomic E-state index is 0.00181. The average Bonchev–Trinajstić information content (AvgIpc) is 3.61. The third-order valence-corrected chi connectivity index (χ3v) is 6.76. The van der Waals surface area contributed by atoms with Crippen molar-refractivity contribution in [3.05, 3.63) is 66.3 Å². The molecule has 0 saturated carbocycles. The molecule has 7 nitrogen and oxygen atoms in total. The molecule has 2 aromatic heterocycles. The number of ketones is 1. The number of halogens is 3. The number of benzene rings is 1. The van der Waals surface area contributed by atoms with Crippen molar-refractivity contribution in [3.8, 4) is 5.75 Å². The van der Waals surface area contributed by atoms with E-state index in [0.29, 0.717) is 37.4 Å². The van der Waals surface area contributed by atoms with Gasteiger partial charge in [-0.3, -0.25) is 4.79 Å². The molecule has 1 aromatic carbocycles. The summed E-state index contributed by atoms with van der Waals surface area (Å²) in [6, 6.07) is 9.17. The standard InChI is InChI=1S/C26H27F3N4O3/c1-17(12-22(34)23-13-30-16-35-23)18-2-4-19(5-3-18)36-20-7-10-32(14-20)21-6-9-31-25(24(21)27)33-11-8-26(28,29)15-33/h2-6,9,13,16-17,20H,7-8,10-12,14-15H2,1H3/t17-,20?/m1/s1. The van der Waals surface area contributed by atoms with Crippen LogP contribution in [0.15, 0.2) is 53.5 Å². The third kappa shape index (κ3) is 5.17. The fraction of sp³-hybridized carbons (Fsp3) is 0.423. The number of oxazole rings is 1. The second-order valence-corrected chi connectivity index (χ2v) is 9.43. The number of ether oxygens (including phenoxy) is 1. The van der Waals surface area contributed by atoms with E-state index in [-0.39, 0.29) is 42.3 Å². The van der Waals surface area contributed by atoms with Gasteiger partial charge in [0.05, 0.1) is 25.0 Å². The van der Waals surface area contributed by atoms with Crippen molar-refractivity contribution in [1.29, 1.82) is 0 Å². The molecule has 4 heterocycles. The monoisotopic (exact) mass is 500 g/mol. The molecule has 2 aliphatic rings. The number of hydrogen-bond donors (Lipinski definition) is 0. The zero-order valence-electron chi connectivity index (χ0n) is 19.9. The van der Waals surface area contributed by atoms with E-state index in [1.807, 2.05) is 36.1 Å². The van der Waals surface area contributed by atoms with Crippen LogP contribution in [0.3, 0.4) is 0 Å². The Labute approximate surface area is 206 Å². The molecule has 0 amide bonds. The zero-order valence-corrected chi connectivity index (χ0v) is 19.9. The molecule has 2 aliphatic heterocycles. The Kier molecular flexibility index (Phi) is 6.59. The van der Waals surface area contributed by atoms with Crippen LogP contribution in [0.25, 0.3) is 0 Å². The van der Waals surface area contributed by atoms with Crippen molar-refractivity contribution in [3.63, 3.8) is 0 Å². The van der Waals surface area contributed by atoms with Gasteiger partial charge in [0.1, 0.15) is 11.9 Å². The lowest BCUT2D eigenvalue weighted by Crippen LogP contribution is -2.28. The van der Waals surface area contributed by atoms with E-state index in [1.165, 1.54) is 23.7 Å². The van der Waals surface area contributed by atoms with Crippen LogP contribution in [-0.4, -0.2) is 54.0 Å². The first-order valence-corrected chi connectivity index (χ1v) is 12.0. The van der Waals surface area contributed by atoms with Gasteiger partial charge in [-0.1, -0.05) is 19.1 Å². The van der Waals surface area contributed by atoms with Crippen molar-refractivity contribution in [2.75, 3.05) is 36.0 Å². The lowest BCUT2D eigenvalue weighted by molar-refractivity contribution is 0.0256. The van der Waals surface area contributed by atoms with Crippen LogP contribution in [0.2, 0.25) is 0 Å². The number of aromatic nitrogens is 2. The molecule has 10 heteroatoms. The van der Waals surface area contributed by atoms with Gasteiger partial charge in [0.2, 0.25) is 0 Å². The highest BCUT2D eigenvalue weighted by Crippen LogP contribution is 2.35. The highest BCUT2D eigenvalue weighted by Gasteiger charge is 2.40. The van der Waals surface area contributed by atoms with Crippen molar-refractivity contribution < 1.29 is 27.1 Å². The lowest BCUT2D eigenvalue weighted by atomic mass is 9.95. The summed E-state index contributed by atoms with van der Waals surface area (Å²) in [6.07, 6.45) is 4.68. The molecule has 0 aliphatic carbocycles. The second-order valence-electron chi connectivity index (χ2n) is 9.43. The number of pyridine rings is 1. The van der Waals surface area contributed by atoms with Crippen LogP contribution < -0.4 is 14.5 Å². The van der Waals surface area contributed by atoms with E-state index in [9.17, 15) is 13.6 Å². The molecule has 0 radical (unpaired) electrons. The van der Waals surface area contributed by atoms with E-state index in [4.69, 9.17) is 9.15 Å². The largest absolute Gasteiger partial charge is 0.489 e. The first kappa shape index (κ1) is 24.1. The van der Waals surface area contributed by atoms with Gasteiger partial charge in [0.25, 0.3) is 5.92 Å². The Morgan fingerprint density at radius 1 is 1.22 bits per heavy atom. The van der Waals surface area contributed by atoms with Crippen molar-refractivity contribution >= 4 is 17.3 Å². The maximum absolute atomic E-state index is 15.2. The molecule has 0 N–H and O–H groups in total. The van der Waals surface area contributed by atoms with Crippen LogP contribution >= 0.6 is 0 Å². The number of alkyl halides is 2. The summed E-state index contributed by atoms with van der Waals surface area (Å²) in [5.41, 5.74) is 1.35. The Balaban J connectivity index is 1.18. The molecule has 190 valence electrons. The summed E-state index contributed by atoms with van der Waals surface area (Å²) in [7, 11) is 0. The molecule has 3 aromatic rings. The van der Waals surface area contributed by atoms with Crippen LogP contribution in [0.5, 0.6) is 5.75 Å². The Hall–Kier alpha value is -3.56. The summed E-state index contributed by atoms with van der Waals surface area (Å²) < 4.78 is 53.6. The number of Topliss-reactive ketones (excluding diaryl/α,β-unsaturated/α-hetero) is 1. The number of carbonyl (C=O) groups excluding carboxylic acids is 1. The minimum atomic E-state index is -2.82. The molecular formula is C26H27F3N4O3. The predicted octanol–water partition coefficient (Wildman–Crippen LogP) is 5.09. The summed E-state index contributed by atoms with van der Waals surface area (Å²) in [4.78, 5) is 23.2. The van der Waals surface area contributed by atoms with Crippen molar-refractivity contribution in [1.82, 2.24) is 9.97 Å². The van der Waals surface area contributed by atoms with Crippen LogP contribution in [0, 0.1) is 5.82 Å². The maximum atomic E-state index is 15.2. The Bertz CT molecular complexity index is 1200. The lowest BCUT2D eigenvalue weighted by Gasteiger charge is -2.23. The summed E-state index contributed by atoms with van der Waals surface area (Å²) in [5.74, 6) is -2.58. The van der Waals surface area contributed by atoms with Crippen molar-refractivity contribution in [2.24, 2.45) is 0 Å². The molecular weight excluding hydrogens is 473 g/mol. The van der Waals surface area contributed by atoms with Gasteiger partial charge in [-0.2, -0.15) is 0 Å². The SMILES string of the molecule is C[C@H](CC(=O)c1cnco1)c1ccc(OC2CCN(c3ccnc(N4CCC(F)(F)C4)c3F)C2)cc1. The van der Waals surface area contributed by atoms with Gasteiger partial charge < -0.3 is 19.0 Å². The van der Waals surface area contributed by atoms with E-state index < -0.39 is 18.3 Å². The fourth-order valence-corrected chi connectivity index (χ4v) is 4.76. The first-order valence-electron chi connectivity index (χ1n) is 12.0. The van der Waals surface area contributed by atoms with Gasteiger partial charge in [0, 0.05) is 38.5 Å². The molecule has 0 spiro atoms. The zero-order chi connectivity index (χ0) is 25.3. The summed E-state index contributed by atoms with van der Waals surface area (Å²) in [6.45, 7) is 2.59. The van der Waals surface area contributed by atoms with E-state index >= 15 is 4.39 Å².